The predicted molar refractivity (Wildman–Crippen MR) is 93.3 cm³/mol. The molecule has 1 saturated carbocycles. The van der Waals surface area contributed by atoms with Crippen molar-refractivity contribution in [3.8, 4) is 0 Å². The molecule has 1 aliphatic heterocycles. The molecule has 1 heterocycles. The van der Waals surface area contributed by atoms with Gasteiger partial charge in [-0.3, -0.25) is 4.79 Å². The smallest absolute Gasteiger partial charge is 0.321 e. The first-order valence-electron chi connectivity index (χ1n) is 8.79. The second-order valence-corrected chi connectivity index (χ2v) is 7.26. The number of urea groups is 1. The molecule has 1 saturated heterocycles. The molecule has 0 radical (unpaired) electrons. The number of piperidine rings is 1. The molecule has 0 spiro atoms. The number of aryl methyl sites for hydroxylation is 1. The van der Waals surface area contributed by atoms with E-state index in [0.29, 0.717) is 30.8 Å². The average Bonchev–Trinajstić information content (AvgIpc) is 2.53. The van der Waals surface area contributed by atoms with Crippen molar-refractivity contribution in [2.45, 2.75) is 51.6 Å². The van der Waals surface area contributed by atoms with Crippen LogP contribution >= 0.6 is 0 Å². The number of aliphatic hydroxyl groups is 1. The van der Waals surface area contributed by atoms with E-state index < -0.39 is 5.60 Å². The quantitative estimate of drug-likeness (QED) is 0.817. The molecule has 3 rings (SSSR count). The minimum atomic E-state index is -0.575. The second-order valence-electron chi connectivity index (χ2n) is 7.26. The Bertz CT molecular complexity index is 658. The summed E-state index contributed by atoms with van der Waals surface area (Å²) in [4.78, 5) is 25.8. The summed E-state index contributed by atoms with van der Waals surface area (Å²) in [5.74, 6) is 0.213. The monoisotopic (exact) mass is 330 g/mol. The van der Waals surface area contributed by atoms with Crippen molar-refractivity contribution in [2.24, 2.45) is 5.92 Å². The lowest BCUT2D eigenvalue weighted by Crippen LogP contribution is -2.55. The Morgan fingerprint density at radius 2 is 2.08 bits per heavy atom. The van der Waals surface area contributed by atoms with E-state index in [0.717, 1.165) is 31.2 Å². The number of Topliss-reactive ketones (excluding diaryl/α,β-unsaturated/α-hetero) is 1. The fourth-order valence-corrected chi connectivity index (χ4v) is 4.09. The number of hydrogen-bond donors (Lipinski definition) is 2. The number of carbonyl (C=O) groups excluding carboxylic acids is 2. The number of nitrogens with zero attached hydrogens (tertiary/aromatic N) is 1. The standard InChI is InChI=1S/C19H26N2O3/c1-13-11-16(6-7-17(13)14(2)22)20-18(23)21-10-9-19(24)8-4-3-5-15(19)12-21/h6-7,11,15,24H,3-5,8-10,12H2,1-2H3,(H,20,23)/t15-,19-/m1/s1. The Morgan fingerprint density at radius 1 is 1.29 bits per heavy atom. The zero-order chi connectivity index (χ0) is 17.3. The third-order valence-electron chi connectivity index (χ3n) is 5.57. The third-order valence-corrected chi connectivity index (χ3v) is 5.57. The van der Waals surface area contributed by atoms with Gasteiger partial charge in [0.1, 0.15) is 0 Å². The molecular weight excluding hydrogens is 304 g/mol. The summed E-state index contributed by atoms with van der Waals surface area (Å²) in [6.07, 6.45) is 4.73. The SMILES string of the molecule is CC(=O)c1ccc(NC(=O)N2CC[C@]3(O)CCCC[C@@H]3C2)cc1C. The maximum Gasteiger partial charge on any atom is 0.321 e. The topological polar surface area (TPSA) is 69.6 Å². The zero-order valence-corrected chi connectivity index (χ0v) is 14.5. The normalized spacial score (nSPS) is 26.6. The maximum atomic E-state index is 12.5. The van der Waals surface area contributed by atoms with Crippen LogP contribution in [0.4, 0.5) is 10.5 Å². The van der Waals surface area contributed by atoms with Crippen molar-refractivity contribution >= 4 is 17.5 Å². The van der Waals surface area contributed by atoms with Crippen LogP contribution < -0.4 is 5.32 Å². The van der Waals surface area contributed by atoms with E-state index in [-0.39, 0.29) is 17.7 Å². The number of hydrogen-bond acceptors (Lipinski definition) is 3. The molecule has 2 atom stereocenters. The number of likely N-dealkylation sites (tertiary alicyclic amines) is 1. The summed E-state index contributed by atoms with van der Waals surface area (Å²) in [5.41, 5.74) is 1.67. The van der Waals surface area contributed by atoms with Crippen molar-refractivity contribution in [1.29, 1.82) is 0 Å². The zero-order valence-electron chi connectivity index (χ0n) is 14.5. The van der Waals surface area contributed by atoms with Crippen molar-refractivity contribution in [3.05, 3.63) is 29.3 Å². The molecule has 1 aliphatic carbocycles. The summed E-state index contributed by atoms with van der Waals surface area (Å²) in [6.45, 7) is 4.62. The number of rotatable bonds is 2. The molecular formula is C19H26N2O3. The summed E-state index contributed by atoms with van der Waals surface area (Å²) in [5, 5.41) is 13.6. The van der Waals surface area contributed by atoms with Crippen LogP contribution in [-0.4, -0.2) is 40.5 Å². The average molecular weight is 330 g/mol. The van der Waals surface area contributed by atoms with Crippen LogP contribution in [0.15, 0.2) is 18.2 Å². The summed E-state index contributed by atoms with van der Waals surface area (Å²) in [7, 11) is 0. The fraction of sp³-hybridized carbons (Fsp3) is 0.579. The second kappa shape index (κ2) is 6.55. The van der Waals surface area contributed by atoms with Crippen LogP contribution in [0.5, 0.6) is 0 Å². The molecule has 0 bridgehead atoms. The van der Waals surface area contributed by atoms with Gasteiger partial charge in [-0.05, 0) is 56.9 Å². The summed E-state index contributed by atoms with van der Waals surface area (Å²) < 4.78 is 0. The Labute approximate surface area is 143 Å². The van der Waals surface area contributed by atoms with Crippen LogP contribution in [0.25, 0.3) is 0 Å². The number of nitrogens with one attached hydrogen (secondary N) is 1. The first-order chi connectivity index (χ1) is 11.4. The van der Waals surface area contributed by atoms with Crippen molar-refractivity contribution in [1.82, 2.24) is 4.90 Å². The third kappa shape index (κ3) is 3.31. The Balaban J connectivity index is 1.65. The van der Waals surface area contributed by atoms with Gasteiger partial charge in [-0.15, -0.1) is 0 Å². The minimum absolute atomic E-state index is 0.0259. The number of fused-ring (bicyclic) bond motifs is 1. The molecule has 1 aromatic rings. The molecule has 2 fully saturated rings. The number of carbonyl (C=O) groups is 2. The highest BCUT2D eigenvalue weighted by atomic mass is 16.3. The van der Waals surface area contributed by atoms with E-state index in [4.69, 9.17) is 0 Å². The highest BCUT2D eigenvalue weighted by Crippen LogP contribution is 2.39. The highest BCUT2D eigenvalue weighted by molar-refractivity contribution is 5.96. The van der Waals surface area contributed by atoms with Gasteiger partial charge in [0.25, 0.3) is 0 Å². The molecule has 2 aliphatic rings. The predicted octanol–water partition coefficient (Wildman–Crippen LogP) is 3.36. The van der Waals surface area contributed by atoms with E-state index in [9.17, 15) is 14.7 Å². The number of benzene rings is 1. The number of ketones is 1. The van der Waals surface area contributed by atoms with Crippen molar-refractivity contribution in [2.75, 3.05) is 18.4 Å². The van der Waals surface area contributed by atoms with Crippen LogP contribution in [-0.2, 0) is 0 Å². The highest BCUT2D eigenvalue weighted by Gasteiger charge is 2.43. The first kappa shape index (κ1) is 17.0. The van der Waals surface area contributed by atoms with Crippen LogP contribution in [0.1, 0.15) is 54.9 Å². The molecule has 1 aromatic carbocycles. The van der Waals surface area contributed by atoms with Gasteiger partial charge in [-0.25, -0.2) is 4.79 Å². The van der Waals surface area contributed by atoms with E-state index >= 15 is 0 Å². The van der Waals surface area contributed by atoms with Crippen molar-refractivity contribution in [3.63, 3.8) is 0 Å². The van der Waals surface area contributed by atoms with Gasteiger partial charge >= 0.3 is 6.03 Å². The molecule has 130 valence electrons. The van der Waals surface area contributed by atoms with Crippen LogP contribution in [0.2, 0.25) is 0 Å². The molecule has 0 unspecified atom stereocenters. The molecule has 24 heavy (non-hydrogen) atoms. The van der Waals surface area contributed by atoms with E-state index in [2.05, 4.69) is 5.32 Å². The van der Waals surface area contributed by atoms with Gasteiger partial charge < -0.3 is 15.3 Å². The van der Waals surface area contributed by atoms with Gasteiger partial charge in [-0.1, -0.05) is 12.8 Å². The van der Waals surface area contributed by atoms with Gasteiger partial charge in [0, 0.05) is 30.3 Å². The minimum Gasteiger partial charge on any atom is -0.389 e. The molecule has 0 aromatic heterocycles. The van der Waals surface area contributed by atoms with Gasteiger partial charge in [0.15, 0.2) is 5.78 Å². The molecule has 2 N–H and O–H groups in total. The van der Waals surface area contributed by atoms with Crippen LogP contribution in [0, 0.1) is 12.8 Å². The lowest BCUT2D eigenvalue weighted by atomic mass is 9.71. The molecule has 5 nitrogen and oxygen atoms in total. The van der Waals surface area contributed by atoms with E-state index in [1.165, 1.54) is 0 Å². The van der Waals surface area contributed by atoms with Gasteiger partial charge in [-0.2, -0.15) is 0 Å². The van der Waals surface area contributed by atoms with Gasteiger partial charge in [0.05, 0.1) is 5.60 Å². The Morgan fingerprint density at radius 3 is 2.79 bits per heavy atom. The number of amides is 2. The molecule has 2 amide bonds. The first-order valence-corrected chi connectivity index (χ1v) is 8.79. The Kier molecular flexibility index (Phi) is 4.63. The summed E-state index contributed by atoms with van der Waals surface area (Å²) in [6, 6.07) is 5.22. The number of anilines is 1. The fourth-order valence-electron chi connectivity index (χ4n) is 4.09. The van der Waals surface area contributed by atoms with Crippen molar-refractivity contribution < 1.29 is 14.7 Å². The maximum absolute atomic E-state index is 12.5. The van der Waals surface area contributed by atoms with Gasteiger partial charge in [0.2, 0.25) is 0 Å². The Hall–Kier alpha value is -1.88. The largest absolute Gasteiger partial charge is 0.389 e. The van der Waals surface area contributed by atoms with E-state index in [1.807, 2.05) is 13.0 Å². The van der Waals surface area contributed by atoms with Crippen LogP contribution in [0.3, 0.4) is 0 Å². The lowest BCUT2D eigenvalue weighted by molar-refractivity contribution is -0.0863. The van der Waals surface area contributed by atoms with E-state index in [1.54, 1.807) is 24.0 Å². The lowest BCUT2D eigenvalue weighted by Gasteiger charge is -2.47. The molecule has 5 heteroatoms. The summed E-state index contributed by atoms with van der Waals surface area (Å²) >= 11 is 0.